The number of carbonyl (C=O) groups excluding carboxylic acids is 2. The van der Waals surface area contributed by atoms with Crippen LogP contribution in [0, 0.1) is 5.92 Å². The molecular formula is C17H30N4O3S. The maximum atomic E-state index is 12.7. The Labute approximate surface area is 154 Å². The van der Waals surface area contributed by atoms with Crippen LogP contribution in [0.15, 0.2) is 12.7 Å². The van der Waals surface area contributed by atoms with Crippen LogP contribution in [0.5, 0.6) is 0 Å². The molecule has 142 valence electrons. The molecule has 0 aromatic carbocycles. The molecule has 2 fully saturated rings. The van der Waals surface area contributed by atoms with Gasteiger partial charge in [0.05, 0.1) is 11.7 Å². The maximum absolute atomic E-state index is 12.7. The van der Waals surface area contributed by atoms with E-state index in [0.717, 1.165) is 38.2 Å². The molecule has 0 aromatic rings. The molecular weight excluding hydrogens is 340 g/mol. The van der Waals surface area contributed by atoms with Crippen LogP contribution in [0.25, 0.3) is 0 Å². The highest BCUT2D eigenvalue weighted by atomic mass is 32.2. The predicted molar refractivity (Wildman–Crippen MR) is 99.6 cm³/mol. The van der Waals surface area contributed by atoms with E-state index in [4.69, 9.17) is 4.18 Å². The molecule has 2 saturated heterocycles. The van der Waals surface area contributed by atoms with Crippen LogP contribution in [0.3, 0.4) is 0 Å². The van der Waals surface area contributed by atoms with Gasteiger partial charge in [-0.15, -0.1) is 6.58 Å². The van der Waals surface area contributed by atoms with Crippen LogP contribution in [-0.2, 0) is 8.98 Å². The Hall–Kier alpha value is -1.25. The first-order chi connectivity index (χ1) is 11.8. The van der Waals surface area contributed by atoms with Gasteiger partial charge in [-0.1, -0.05) is 19.9 Å². The Morgan fingerprint density at radius 2 is 2.08 bits per heavy atom. The van der Waals surface area contributed by atoms with Crippen LogP contribution >= 0.6 is 12.2 Å². The minimum absolute atomic E-state index is 0.0480. The summed E-state index contributed by atoms with van der Waals surface area (Å²) in [7, 11) is 0. The largest absolute Gasteiger partial charge is 0.420 e. The second kappa shape index (κ2) is 8.42. The first-order valence-corrected chi connectivity index (χ1v) is 9.59. The van der Waals surface area contributed by atoms with Gasteiger partial charge in [0.15, 0.2) is 12.2 Å². The van der Waals surface area contributed by atoms with E-state index in [0.29, 0.717) is 6.54 Å². The molecule has 0 saturated carbocycles. The first kappa shape index (κ1) is 20.1. The van der Waals surface area contributed by atoms with E-state index in [9.17, 15) is 9.59 Å². The number of nitrogens with zero attached hydrogens (tertiary/aromatic N) is 2. The summed E-state index contributed by atoms with van der Waals surface area (Å²) >= 11 is 1.08. The monoisotopic (exact) mass is 370 g/mol. The Morgan fingerprint density at radius 3 is 2.60 bits per heavy atom. The van der Waals surface area contributed by atoms with Crippen LogP contribution in [0.2, 0.25) is 0 Å². The third-order valence-electron chi connectivity index (χ3n) is 4.63. The zero-order valence-corrected chi connectivity index (χ0v) is 16.4. The fraction of sp³-hybridized carbons (Fsp3) is 0.765. The fourth-order valence-corrected chi connectivity index (χ4v) is 3.90. The summed E-state index contributed by atoms with van der Waals surface area (Å²) < 4.78 is 7.19. The molecule has 2 amide bonds. The van der Waals surface area contributed by atoms with Crippen molar-refractivity contribution in [2.75, 3.05) is 19.6 Å². The molecule has 1 spiro atoms. The highest BCUT2D eigenvalue weighted by Gasteiger charge is 2.51. The van der Waals surface area contributed by atoms with Crippen molar-refractivity contribution in [3.63, 3.8) is 0 Å². The maximum Gasteiger partial charge on any atom is 0.420 e. The van der Waals surface area contributed by atoms with E-state index in [-0.39, 0.29) is 29.6 Å². The molecule has 1 atom stereocenters. The lowest BCUT2D eigenvalue weighted by molar-refractivity contribution is -0.133. The summed E-state index contributed by atoms with van der Waals surface area (Å²) in [5.74, 6) is 0.401. The van der Waals surface area contributed by atoms with Crippen molar-refractivity contribution < 1.29 is 13.8 Å². The Morgan fingerprint density at radius 1 is 1.44 bits per heavy atom. The minimum Gasteiger partial charge on any atom is -0.358 e. The second-order valence-corrected chi connectivity index (χ2v) is 8.14. The molecule has 2 N–H and O–H groups in total. The van der Waals surface area contributed by atoms with Gasteiger partial charge in [0.1, 0.15) is 0 Å². The SMILES string of the molecule is C=CCN1C(=O)C(C(C)C)NC12CCN(SOC(=O)NC(C)C)CC2. The van der Waals surface area contributed by atoms with E-state index in [1.165, 1.54) is 0 Å². The number of nitrogens with one attached hydrogen (secondary N) is 2. The van der Waals surface area contributed by atoms with Crippen LogP contribution in [-0.4, -0.2) is 58.6 Å². The number of hydrogen-bond donors (Lipinski definition) is 2. The third-order valence-corrected chi connectivity index (χ3v) is 5.43. The van der Waals surface area contributed by atoms with E-state index < -0.39 is 6.09 Å². The molecule has 0 radical (unpaired) electrons. The molecule has 25 heavy (non-hydrogen) atoms. The van der Waals surface area contributed by atoms with Crippen molar-refractivity contribution in [1.29, 1.82) is 0 Å². The average Bonchev–Trinajstić information content (AvgIpc) is 2.80. The topological polar surface area (TPSA) is 73.9 Å². The summed E-state index contributed by atoms with van der Waals surface area (Å²) in [6.07, 6.45) is 2.93. The van der Waals surface area contributed by atoms with Crippen LogP contribution < -0.4 is 10.6 Å². The zero-order chi connectivity index (χ0) is 18.6. The standard InChI is InChI=1S/C17H30N4O3S/c1-6-9-21-15(22)14(12(2)3)19-17(21)7-10-20(11-8-17)25-24-16(23)18-13(4)5/h6,12-14,19H,1,7-11H2,2-5H3,(H,18,23). The molecule has 2 heterocycles. The van der Waals surface area contributed by atoms with Crippen molar-refractivity contribution in [2.45, 2.75) is 58.3 Å². The van der Waals surface area contributed by atoms with Crippen molar-refractivity contribution in [1.82, 2.24) is 19.8 Å². The molecule has 0 aromatic heterocycles. The smallest absolute Gasteiger partial charge is 0.358 e. The molecule has 2 aliphatic heterocycles. The van der Waals surface area contributed by atoms with Crippen LogP contribution in [0.1, 0.15) is 40.5 Å². The molecule has 8 heteroatoms. The van der Waals surface area contributed by atoms with Crippen molar-refractivity contribution in [3.05, 3.63) is 12.7 Å². The molecule has 2 aliphatic rings. The molecule has 0 aliphatic carbocycles. The van der Waals surface area contributed by atoms with Gasteiger partial charge in [-0.25, -0.2) is 9.10 Å². The first-order valence-electron chi connectivity index (χ1n) is 8.89. The van der Waals surface area contributed by atoms with Crippen molar-refractivity contribution in [3.8, 4) is 0 Å². The molecule has 1 unspecified atom stereocenters. The van der Waals surface area contributed by atoms with Gasteiger partial charge in [0.2, 0.25) is 5.91 Å². The zero-order valence-electron chi connectivity index (χ0n) is 15.6. The third kappa shape index (κ3) is 4.68. The van der Waals surface area contributed by atoms with Gasteiger partial charge in [-0.05, 0) is 32.6 Å². The van der Waals surface area contributed by atoms with E-state index in [1.54, 1.807) is 6.08 Å². The summed E-state index contributed by atoms with van der Waals surface area (Å²) in [6.45, 7) is 13.7. The van der Waals surface area contributed by atoms with Gasteiger partial charge in [0.25, 0.3) is 0 Å². The number of hydrogen-bond acceptors (Lipinski definition) is 6. The van der Waals surface area contributed by atoms with E-state index in [2.05, 4.69) is 31.1 Å². The highest BCUT2D eigenvalue weighted by molar-refractivity contribution is 7.92. The summed E-state index contributed by atoms with van der Waals surface area (Å²) in [5, 5.41) is 6.27. The van der Waals surface area contributed by atoms with E-state index in [1.807, 2.05) is 23.1 Å². The Bertz CT molecular complexity index is 504. The molecule has 0 bridgehead atoms. The summed E-state index contributed by atoms with van der Waals surface area (Å²) in [4.78, 5) is 26.2. The van der Waals surface area contributed by atoms with Crippen molar-refractivity contribution in [2.24, 2.45) is 5.92 Å². The molecule has 7 nitrogen and oxygen atoms in total. The van der Waals surface area contributed by atoms with Gasteiger partial charge in [0, 0.05) is 25.7 Å². The van der Waals surface area contributed by atoms with Gasteiger partial charge in [-0.3, -0.25) is 10.1 Å². The average molecular weight is 371 g/mol. The quantitative estimate of drug-likeness (QED) is 0.424. The number of piperidine rings is 1. The van der Waals surface area contributed by atoms with Gasteiger partial charge < -0.3 is 14.4 Å². The normalized spacial score (nSPS) is 23.5. The summed E-state index contributed by atoms with van der Waals surface area (Å²) in [5.41, 5.74) is -0.322. The van der Waals surface area contributed by atoms with Crippen molar-refractivity contribution >= 4 is 24.2 Å². The Balaban J connectivity index is 1.93. The van der Waals surface area contributed by atoms with E-state index >= 15 is 0 Å². The summed E-state index contributed by atoms with van der Waals surface area (Å²) in [6, 6.07) is -0.0981. The fourth-order valence-electron chi connectivity index (χ4n) is 3.34. The lowest BCUT2D eigenvalue weighted by Crippen LogP contribution is -2.58. The lowest BCUT2D eigenvalue weighted by Gasteiger charge is -2.43. The van der Waals surface area contributed by atoms with Gasteiger partial charge >= 0.3 is 6.09 Å². The number of amides is 2. The minimum atomic E-state index is -0.428. The number of rotatable bonds is 6. The van der Waals surface area contributed by atoms with Gasteiger partial charge in [-0.2, -0.15) is 0 Å². The second-order valence-electron chi connectivity index (χ2n) is 7.31. The lowest BCUT2D eigenvalue weighted by atomic mass is 9.97. The predicted octanol–water partition coefficient (Wildman–Crippen LogP) is 2.12. The molecule has 2 rings (SSSR count). The Kier molecular flexibility index (Phi) is 6.76. The highest BCUT2D eigenvalue weighted by Crippen LogP contribution is 2.35. The number of carbonyl (C=O) groups is 2. The van der Waals surface area contributed by atoms with Crippen LogP contribution in [0.4, 0.5) is 4.79 Å².